The summed E-state index contributed by atoms with van der Waals surface area (Å²) in [4.78, 5) is 16.2. The van der Waals surface area contributed by atoms with Crippen molar-refractivity contribution in [3.8, 4) is 0 Å². The van der Waals surface area contributed by atoms with Crippen molar-refractivity contribution in [2.75, 3.05) is 31.3 Å². The van der Waals surface area contributed by atoms with Gasteiger partial charge in [0.15, 0.2) is 0 Å². The molecule has 1 aliphatic rings. The van der Waals surface area contributed by atoms with E-state index in [1.807, 2.05) is 44.1 Å². The second-order valence-electron chi connectivity index (χ2n) is 5.85. The molecule has 1 aromatic carbocycles. The first-order chi connectivity index (χ1) is 9.51. The molecule has 1 amide bonds. The number of nitrogens with zero attached hydrogens (tertiary/aromatic N) is 2. The van der Waals surface area contributed by atoms with Gasteiger partial charge in [-0.2, -0.15) is 0 Å². The molecule has 0 saturated heterocycles. The molecule has 0 spiro atoms. The summed E-state index contributed by atoms with van der Waals surface area (Å²) < 4.78 is 0. The molecule has 0 heterocycles. The molecule has 1 fully saturated rings. The summed E-state index contributed by atoms with van der Waals surface area (Å²) in [6, 6.07) is 5.92. The normalized spacial score (nSPS) is 14.2. The number of benzene rings is 1. The minimum atomic E-state index is 0.226. The van der Waals surface area contributed by atoms with E-state index in [1.165, 1.54) is 12.8 Å². The largest absolute Gasteiger partial charge is 0.399 e. The van der Waals surface area contributed by atoms with E-state index in [-0.39, 0.29) is 5.91 Å². The summed E-state index contributed by atoms with van der Waals surface area (Å²) >= 11 is 0. The average molecular weight is 275 g/mol. The fourth-order valence-electron chi connectivity index (χ4n) is 2.46. The average Bonchev–Trinajstić information content (AvgIpc) is 3.20. The second-order valence-corrected chi connectivity index (χ2v) is 5.85. The van der Waals surface area contributed by atoms with E-state index >= 15 is 0 Å². The van der Waals surface area contributed by atoms with E-state index in [0.29, 0.717) is 18.9 Å². The van der Waals surface area contributed by atoms with Crippen LogP contribution in [0, 0.1) is 5.92 Å². The van der Waals surface area contributed by atoms with Crippen molar-refractivity contribution in [1.29, 1.82) is 0 Å². The Labute approximate surface area is 121 Å². The number of carbonyl (C=O) groups is 1. The summed E-state index contributed by atoms with van der Waals surface area (Å²) in [5, 5.41) is 0. The van der Waals surface area contributed by atoms with Gasteiger partial charge in [0.25, 0.3) is 0 Å². The topological polar surface area (TPSA) is 49.6 Å². The first kappa shape index (κ1) is 14.7. The molecule has 1 saturated carbocycles. The summed E-state index contributed by atoms with van der Waals surface area (Å²) in [5.74, 6) is 0.929. The van der Waals surface area contributed by atoms with Crippen LogP contribution in [0.15, 0.2) is 18.2 Å². The quantitative estimate of drug-likeness (QED) is 0.811. The van der Waals surface area contributed by atoms with Crippen LogP contribution < -0.4 is 10.6 Å². The van der Waals surface area contributed by atoms with E-state index in [0.717, 1.165) is 23.5 Å². The van der Waals surface area contributed by atoms with Gasteiger partial charge in [0, 0.05) is 45.0 Å². The number of rotatable bonds is 6. The predicted octanol–water partition coefficient (Wildman–Crippen LogP) is 2.48. The fraction of sp³-hybridized carbons (Fsp3) is 0.562. The highest BCUT2D eigenvalue weighted by Gasteiger charge is 2.26. The van der Waals surface area contributed by atoms with Gasteiger partial charge in [-0.3, -0.25) is 4.79 Å². The number of carbonyl (C=O) groups excluding carboxylic acids is 1. The van der Waals surface area contributed by atoms with E-state index in [9.17, 15) is 4.79 Å². The zero-order valence-electron chi connectivity index (χ0n) is 12.7. The molecule has 110 valence electrons. The summed E-state index contributed by atoms with van der Waals surface area (Å²) in [7, 11) is 4.03. The van der Waals surface area contributed by atoms with Crippen molar-refractivity contribution < 1.29 is 4.79 Å². The maximum absolute atomic E-state index is 12.1. The van der Waals surface area contributed by atoms with Crippen LogP contribution in [0.3, 0.4) is 0 Å². The highest BCUT2D eigenvalue weighted by molar-refractivity contribution is 5.76. The lowest BCUT2D eigenvalue weighted by atomic mass is 10.1. The Hall–Kier alpha value is -1.71. The summed E-state index contributed by atoms with van der Waals surface area (Å²) in [5.41, 5.74) is 8.91. The number of amides is 1. The Bertz CT molecular complexity index is 481. The Morgan fingerprint density at radius 2 is 2.05 bits per heavy atom. The third-order valence-electron chi connectivity index (χ3n) is 3.78. The van der Waals surface area contributed by atoms with E-state index < -0.39 is 0 Å². The molecule has 4 nitrogen and oxygen atoms in total. The first-order valence-electron chi connectivity index (χ1n) is 7.34. The standard InChI is InChI=1S/C16H25N3O/c1-4-16(20)19(10-12-5-6-12)11-13-9-14(17)7-8-15(13)18(2)3/h7-9,12H,4-6,10-11,17H2,1-3H3. The molecule has 4 heteroatoms. The fourth-order valence-corrected chi connectivity index (χ4v) is 2.46. The van der Waals surface area contributed by atoms with Gasteiger partial charge >= 0.3 is 0 Å². The Balaban J connectivity index is 2.19. The Morgan fingerprint density at radius 3 is 2.60 bits per heavy atom. The monoisotopic (exact) mass is 275 g/mol. The molecule has 0 radical (unpaired) electrons. The summed E-state index contributed by atoms with van der Waals surface area (Å²) in [6.07, 6.45) is 3.07. The number of hydrogen-bond acceptors (Lipinski definition) is 3. The van der Waals surface area contributed by atoms with Crippen molar-refractivity contribution in [3.05, 3.63) is 23.8 Å². The van der Waals surface area contributed by atoms with E-state index in [4.69, 9.17) is 5.73 Å². The third kappa shape index (κ3) is 3.65. The van der Waals surface area contributed by atoms with E-state index in [2.05, 4.69) is 4.90 Å². The van der Waals surface area contributed by atoms with Gasteiger partial charge < -0.3 is 15.5 Å². The maximum Gasteiger partial charge on any atom is 0.222 e. The molecular formula is C16H25N3O. The van der Waals surface area contributed by atoms with Crippen molar-refractivity contribution in [2.45, 2.75) is 32.7 Å². The molecule has 0 unspecified atom stereocenters. The van der Waals surface area contributed by atoms with Crippen LogP contribution in [0.5, 0.6) is 0 Å². The van der Waals surface area contributed by atoms with Crippen LogP contribution in [-0.4, -0.2) is 31.4 Å². The Morgan fingerprint density at radius 1 is 1.35 bits per heavy atom. The maximum atomic E-state index is 12.1. The molecule has 2 rings (SSSR count). The molecule has 0 atom stereocenters. The SMILES string of the molecule is CCC(=O)N(Cc1cc(N)ccc1N(C)C)CC1CC1. The highest BCUT2D eigenvalue weighted by Crippen LogP contribution is 2.31. The molecule has 2 N–H and O–H groups in total. The zero-order valence-corrected chi connectivity index (χ0v) is 12.7. The molecule has 20 heavy (non-hydrogen) atoms. The van der Waals surface area contributed by atoms with E-state index in [1.54, 1.807) is 0 Å². The number of anilines is 2. The molecule has 0 aromatic heterocycles. The molecule has 1 aromatic rings. The lowest BCUT2D eigenvalue weighted by Gasteiger charge is -2.26. The van der Waals surface area contributed by atoms with Crippen LogP contribution in [0.2, 0.25) is 0 Å². The first-order valence-corrected chi connectivity index (χ1v) is 7.34. The predicted molar refractivity (Wildman–Crippen MR) is 83.6 cm³/mol. The molecule has 1 aliphatic carbocycles. The zero-order chi connectivity index (χ0) is 14.7. The number of nitrogen functional groups attached to an aromatic ring is 1. The van der Waals surface area contributed by atoms with Gasteiger partial charge in [0.05, 0.1) is 0 Å². The van der Waals surface area contributed by atoms with Crippen LogP contribution in [-0.2, 0) is 11.3 Å². The van der Waals surface area contributed by atoms with Crippen molar-refractivity contribution >= 4 is 17.3 Å². The smallest absolute Gasteiger partial charge is 0.222 e. The van der Waals surface area contributed by atoms with Gasteiger partial charge in [-0.1, -0.05) is 6.92 Å². The van der Waals surface area contributed by atoms with Gasteiger partial charge in [0.1, 0.15) is 0 Å². The van der Waals surface area contributed by atoms with Crippen LogP contribution >= 0.6 is 0 Å². The molecule has 0 bridgehead atoms. The summed E-state index contributed by atoms with van der Waals surface area (Å²) in [6.45, 7) is 3.46. The molecular weight excluding hydrogens is 250 g/mol. The minimum Gasteiger partial charge on any atom is -0.399 e. The van der Waals surface area contributed by atoms with Crippen LogP contribution in [0.25, 0.3) is 0 Å². The highest BCUT2D eigenvalue weighted by atomic mass is 16.2. The second kappa shape index (κ2) is 6.16. The van der Waals surface area contributed by atoms with Gasteiger partial charge in [-0.25, -0.2) is 0 Å². The lowest BCUT2D eigenvalue weighted by molar-refractivity contribution is -0.131. The van der Waals surface area contributed by atoms with Gasteiger partial charge in [-0.05, 0) is 42.5 Å². The van der Waals surface area contributed by atoms with Gasteiger partial charge in [0.2, 0.25) is 5.91 Å². The van der Waals surface area contributed by atoms with Crippen LogP contribution in [0.4, 0.5) is 11.4 Å². The third-order valence-corrected chi connectivity index (χ3v) is 3.78. The van der Waals surface area contributed by atoms with Crippen molar-refractivity contribution in [1.82, 2.24) is 4.90 Å². The lowest BCUT2D eigenvalue weighted by Crippen LogP contribution is -2.32. The van der Waals surface area contributed by atoms with Crippen LogP contribution in [0.1, 0.15) is 31.7 Å². The van der Waals surface area contributed by atoms with Crippen molar-refractivity contribution in [3.63, 3.8) is 0 Å². The Kier molecular flexibility index (Phi) is 4.53. The molecule has 0 aliphatic heterocycles. The van der Waals surface area contributed by atoms with Crippen molar-refractivity contribution in [2.24, 2.45) is 5.92 Å². The van der Waals surface area contributed by atoms with Gasteiger partial charge in [-0.15, -0.1) is 0 Å². The number of nitrogens with two attached hydrogens (primary N) is 1. The number of hydrogen-bond donors (Lipinski definition) is 1. The minimum absolute atomic E-state index is 0.226.